The van der Waals surface area contributed by atoms with Crippen LogP contribution in [0.4, 0.5) is 0 Å². The summed E-state index contributed by atoms with van der Waals surface area (Å²) >= 11 is 0. The van der Waals surface area contributed by atoms with Gasteiger partial charge in [0.05, 0.1) is 22.1 Å². The zero-order valence-electron chi connectivity index (χ0n) is 29.3. The zero-order chi connectivity index (χ0) is 35.6. The monoisotopic (exact) mass is 672 g/mol. The molecular weight excluding hydrogens is 637 g/mol. The second-order valence-electron chi connectivity index (χ2n) is 14.5. The minimum Gasteiger partial charge on any atom is -0.309 e. The van der Waals surface area contributed by atoms with E-state index in [1.165, 1.54) is 21.5 Å². The third-order valence-electron chi connectivity index (χ3n) is 10.3. The fourth-order valence-electron chi connectivity index (χ4n) is 7.58. The Hall–Kier alpha value is -6.52. The highest BCUT2D eigenvalue weighted by molar-refractivity contribution is 6.14. The van der Waals surface area contributed by atoms with E-state index in [0.29, 0.717) is 22.3 Å². The van der Waals surface area contributed by atoms with Gasteiger partial charge in [0.15, 0.2) is 11.6 Å². The summed E-state index contributed by atoms with van der Waals surface area (Å²) in [6, 6.07) is 54.8. The molecule has 0 saturated heterocycles. The molecule has 0 N–H and O–H groups in total. The highest BCUT2D eigenvalue weighted by Gasteiger charge is 2.22. The summed E-state index contributed by atoms with van der Waals surface area (Å²) in [5.74, 6) is -0.230. The maximum atomic E-state index is 14.1. The van der Waals surface area contributed by atoms with Crippen LogP contribution in [0.25, 0.3) is 55.0 Å². The maximum absolute atomic E-state index is 14.1. The van der Waals surface area contributed by atoms with Gasteiger partial charge >= 0.3 is 0 Å². The lowest BCUT2D eigenvalue weighted by Gasteiger charge is -2.21. The maximum Gasteiger partial charge on any atom is 0.193 e. The summed E-state index contributed by atoms with van der Waals surface area (Å²) in [6.45, 7) is 6.31. The highest BCUT2D eigenvalue weighted by Crippen LogP contribution is 2.34. The van der Waals surface area contributed by atoms with Crippen LogP contribution in [0, 0.1) is 0 Å². The first-order valence-electron chi connectivity index (χ1n) is 17.7. The molecule has 4 heteroatoms. The molecule has 0 amide bonds. The van der Waals surface area contributed by atoms with Gasteiger partial charge in [-0.2, -0.15) is 0 Å². The molecule has 0 aliphatic rings. The third-order valence-corrected chi connectivity index (χ3v) is 10.3. The molecule has 9 aromatic rings. The largest absolute Gasteiger partial charge is 0.309 e. The Morgan fingerprint density at radius 1 is 0.385 bits per heavy atom. The van der Waals surface area contributed by atoms with Crippen molar-refractivity contribution < 1.29 is 9.59 Å². The van der Waals surface area contributed by atoms with Gasteiger partial charge in [0.2, 0.25) is 0 Å². The van der Waals surface area contributed by atoms with E-state index in [1.54, 1.807) is 6.07 Å². The normalized spacial score (nSPS) is 11.9. The number of para-hydroxylation sites is 4. The van der Waals surface area contributed by atoms with Crippen LogP contribution in [-0.4, -0.2) is 20.7 Å². The first-order valence-corrected chi connectivity index (χ1v) is 17.7. The third kappa shape index (κ3) is 5.15. The van der Waals surface area contributed by atoms with Crippen LogP contribution >= 0.6 is 0 Å². The Balaban J connectivity index is 1.06. The van der Waals surface area contributed by atoms with Gasteiger partial charge in [0, 0.05) is 55.2 Å². The van der Waals surface area contributed by atoms with Crippen molar-refractivity contribution in [2.45, 2.75) is 26.2 Å². The number of ketones is 2. The molecule has 0 unspecified atom stereocenters. The van der Waals surface area contributed by atoms with Crippen LogP contribution in [0.15, 0.2) is 164 Å². The number of nitrogens with zero attached hydrogens (tertiary/aromatic N) is 2. The zero-order valence-corrected chi connectivity index (χ0v) is 29.3. The summed E-state index contributed by atoms with van der Waals surface area (Å²) in [5.41, 5.74) is 9.25. The number of hydrogen-bond donors (Lipinski definition) is 0. The van der Waals surface area contributed by atoms with Crippen molar-refractivity contribution in [1.29, 1.82) is 0 Å². The second kappa shape index (κ2) is 12.1. The highest BCUT2D eigenvalue weighted by atomic mass is 16.1. The van der Waals surface area contributed by atoms with Crippen molar-refractivity contribution in [3.63, 3.8) is 0 Å². The molecule has 0 fully saturated rings. The Bertz CT molecular complexity index is 2550. The molecular formula is C48H36N2O2. The van der Waals surface area contributed by atoms with Gasteiger partial charge in [-0.15, -0.1) is 0 Å². The van der Waals surface area contributed by atoms with Crippen molar-refractivity contribution in [1.82, 2.24) is 9.13 Å². The van der Waals surface area contributed by atoms with E-state index in [4.69, 9.17) is 0 Å². The average molecular weight is 673 g/mol. The summed E-state index contributed by atoms with van der Waals surface area (Å²) in [6.07, 6.45) is 0. The van der Waals surface area contributed by atoms with Crippen LogP contribution in [-0.2, 0) is 5.41 Å². The van der Waals surface area contributed by atoms with Crippen molar-refractivity contribution in [3.8, 4) is 11.4 Å². The van der Waals surface area contributed by atoms with Crippen LogP contribution in [0.3, 0.4) is 0 Å². The standard InChI is InChI=1S/C48H36N2O2/c1-48(2,3)35-29-33(46(51)31-20-24-36(25-21-31)49-42-16-8-4-12-38(42)39-13-5-9-17-43(39)49)28-34(30-35)47(52)32-22-26-37(27-23-32)50-44-18-10-6-14-40(44)41-15-7-11-19-45(41)50/h4-30H,1-3H3. The van der Waals surface area contributed by atoms with Crippen molar-refractivity contribution in [2.75, 3.05) is 0 Å². The van der Waals surface area contributed by atoms with Gasteiger partial charge < -0.3 is 9.13 Å². The lowest BCUT2D eigenvalue weighted by atomic mass is 9.83. The van der Waals surface area contributed by atoms with Crippen LogP contribution < -0.4 is 0 Å². The first kappa shape index (κ1) is 31.5. The van der Waals surface area contributed by atoms with E-state index in [0.717, 1.165) is 39.0 Å². The average Bonchev–Trinajstić information content (AvgIpc) is 3.70. The van der Waals surface area contributed by atoms with Crippen LogP contribution in [0.1, 0.15) is 58.2 Å². The van der Waals surface area contributed by atoms with E-state index in [-0.39, 0.29) is 17.0 Å². The lowest BCUT2D eigenvalue weighted by molar-refractivity contribution is 0.103. The van der Waals surface area contributed by atoms with Crippen molar-refractivity contribution >= 4 is 55.2 Å². The number of aromatic nitrogens is 2. The number of hydrogen-bond acceptors (Lipinski definition) is 2. The van der Waals surface area contributed by atoms with E-state index < -0.39 is 0 Å². The fraction of sp³-hybridized carbons (Fsp3) is 0.0833. The Morgan fingerprint density at radius 2 is 0.692 bits per heavy atom. The molecule has 7 aromatic carbocycles. The summed E-state index contributed by atoms with van der Waals surface area (Å²) in [5, 5.41) is 4.76. The van der Waals surface area contributed by atoms with Crippen molar-refractivity contribution in [2.24, 2.45) is 0 Å². The summed E-state index contributed by atoms with van der Waals surface area (Å²) in [4.78, 5) is 28.3. The molecule has 2 aromatic heterocycles. The number of fused-ring (bicyclic) bond motifs is 6. The molecule has 2 heterocycles. The molecule has 9 rings (SSSR count). The number of carbonyl (C=O) groups is 2. The van der Waals surface area contributed by atoms with Gasteiger partial charge in [0.25, 0.3) is 0 Å². The number of benzene rings is 7. The van der Waals surface area contributed by atoms with Gasteiger partial charge in [-0.05, 0) is 102 Å². The topological polar surface area (TPSA) is 44.0 Å². The smallest absolute Gasteiger partial charge is 0.193 e. The van der Waals surface area contributed by atoms with Gasteiger partial charge in [-0.3, -0.25) is 9.59 Å². The Labute approximate surface area is 302 Å². The van der Waals surface area contributed by atoms with Crippen molar-refractivity contribution in [3.05, 3.63) is 192 Å². The minimum absolute atomic E-state index is 0.115. The Kier molecular flexibility index (Phi) is 7.30. The van der Waals surface area contributed by atoms with Crippen LogP contribution in [0.5, 0.6) is 0 Å². The molecule has 0 saturated carbocycles. The SMILES string of the molecule is CC(C)(C)c1cc(C(=O)c2ccc(-n3c4ccccc4c4ccccc43)cc2)cc(C(=O)c2ccc(-n3c4ccccc4c4ccccc43)cc2)c1. The first-order chi connectivity index (χ1) is 25.3. The van der Waals surface area contributed by atoms with Gasteiger partial charge in [-0.25, -0.2) is 0 Å². The number of rotatable bonds is 6. The molecule has 0 atom stereocenters. The van der Waals surface area contributed by atoms with Crippen LogP contribution in [0.2, 0.25) is 0 Å². The fourth-order valence-corrected chi connectivity index (χ4v) is 7.58. The lowest BCUT2D eigenvalue weighted by Crippen LogP contribution is -2.15. The minimum atomic E-state index is -0.272. The predicted molar refractivity (Wildman–Crippen MR) is 214 cm³/mol. The molecule has 52 heavy (non-hydrogen) atoms. The van der Waals surface area contributed by atoms with E-state index in [2.05, 4.69) is 127 Å². The van der Waals surface area contributed by atoms with Gasteiger partial charge in [0.1, 0.15) is 0 Å². The Morgan fingerprint density at radius 3 is 1.00 bits per heavy atom. The molecule has 4 nitrogen and oxygen atoms in total. The molecule has 0 radical (unpaired) electrons. The molecule has 0 bridgehead atoms. The molecule has 0 aliphatic heterocycles. The quantitative estimate of drug-likeness (QED) is 0.165. The van der Waals surface area contributed by atoms with E-state index >= 15 is 0 Å². The van der Waals surface area contributed by atoms with E-state index in [9.17, 15) is 9.59 Å². The van der Waals surface area contributed by atoms with E-state index in [1.807, 2.05) is 60.7 Å². The summed E-state index contributed by atoms with van der Waals surface area (Å²) < 4.78 is 4.48. The molecule has 250 valence electrons. The van der Waals surface area contributed by atoms with Gasteiger partial charge in [-0.1, -0.05) is 93.6 Å². The molecule has 0 spiro atoms. The number of carbonyl (C=O) groups excluding carboxylic acids is 2. The predicted octanol–water partition coefficient (Wildman–Crippen LogP) is 11.6. The molecule has 0 aliphatic carbocycles. The second-order valence-corrected chi connectivity index (χ2v) is 14.5. The summed E-state index contributed by atoms with van der Waals surface area (Å²) in [7, 11) is 0.